The fourth-order valence-electron chi connectivity index (χ4n) is 3.65. The van der Waals surface area contributed by atoms with Crippen molar-refractivity contribution in [2.45, 2.75) is 58.0 Å². The molecule has 196 valence electrons. The summed E-state index contributed by atoms with van der Waals surface area (Å²) in [5.74, 6) is -1.44. The van der Waals surface area contributed by atoms with Gasteiger partial charge in [0.15, 0.2) is 11.3 Å². The van der Waals surface area contributed by atoms with E-state index in [2.05, 4.69) is 10.5 Å². The molecule has 0 bridgehead atoms. The van der Waals surface area contributed by atoms with Gasteiger partial charge < -0.3 is 14.6 Å². The zero-order valence-electron chi connectivity index (χ0n) is 21.5. The topological polar surface area (TPSA) is 143 Å². The van der Waals surface area contributed by atoms with Gasteiger partial charge in [0.25, 0.3) is 5.91 Å². The first-order valence-electron chi connectivity index (χ1n) is 11.9. The molecular formula is C26H30N4O6S. The zero-order chi connectivity index (χ0) is 27.4. The van der Waals surface area contributed by atoms with Crippen LogP contribution in [0.3, 0.4) is 0 Å². The molecule has 3 aromatic rings. The summed E-state index contributed by atoms with van der Waals surface area (Å²) in [4.78, 5) is 26.0. The van der Waals surface area contributed by atoms with E-state index in [1.54, 1.807) is 20.8 Å². The summed E-state index contributed by atoms with van der Waals surface area (Å²) in [6.45, 7) is 9.65. The highest BCUT2D eigenvalue weighted by molar-refractivity contribution is 7.89. The summed E-state index contributed by atoms with van der Waals surface area (Å²) in [5, 5.41) is 15.9. The third kappa shape index (κ3) is 6.34. The van der Waals surface area contributed by atoms with Crippen molar-refractivity contribution < 1.29 is 27.3 Å². The fourth-order valence-corrected chi connectivity index (χ4v) is 5.30. The number of rotatable bonds is 9. The maximum atomic E-state index is 13.2. The standard InChI is InChI=1S/C26H30N4O6S/c1-6-12-30(13-7-2)37(33,34)18-9-11-22-20(15-18)23(29-36-22)24(31)28-21-10-8-17(16-27)14-19(21)25(32)35-26(3,4)5/h8-11,14-15H,6-7,12-13H2,1-5H3,(H,28,31). The highest BCUT2D eigenvalue weighted by Crippen LogP contribution is 2.27. The Morgan fingerprint density at radius 3 is 2.38 bits per heavy atom. The van der Waals surface area contributed by atoms with Crippen molar-refractivity contribution in [2.24, 2.45) is 0 Å². The number of nitrogens with one attached hydrogen (secondary N) is 1. The molecule has 1 heterocycles. The van der Waals surface area contributed by atoms with Crippen LogP contribution in [-0.4, -0.2) is 48.4 Å². The van der Waals surface area contributed by atoms with Gasteiger partial charge in [0.05, 0.1) is 33.2 Å². The Balaban J connectivity index is 1.99. The molecule has 0 aliphatic carbocycles. The van der Waals surface area contributed by atoms with Gasteiger partial charge in [-0.3, -0.25) is 4.79 Å². The predicted octanol–water partition coefficient (Wildman–Crippen LogP) is 4.72. The lowest BCUT2D eigenvalue weighted by molar-refractivity contribution is 0.00706. The molecule has 0 saturated heterocycles. The lowest BCUT2D eigenvalue weighted by Gasteiger charge is -2.21. The van der Waals surface area contributed by atoms with Crippen molar-refractivity contribution in [1.82, 2.24) is 9.46 Å². The highest BCUT2D eigenvalue weighted by Gasteiger charge is 2.27. The summed E-state index contributed by atoms with van der Waals surface area (Å²) < 4.78 is 38.6. The van der Waals surface area contributed by atoms with Crippen LogP contribution in [0.25, 0.3) is 11.0 Å². The summed E-state index contributed by atoms with van der Waals surface area (Å²) in [6.07, 6.45) is 1.32. The smallest absolute Gasteiger partial charge is 0.340 e. The van der Waals surface area contributed by atoms with Crippen molar-refractivity contribution >= 4 is 38.6 Å². The van der Waals surface area contributed by atoms with Gasteiger partial charge in [-0.25, -0.2) is 13.2 Å². The first-order valence-corrected chi connectivity index (χ1v) is 13.3. The maximum absolute atomic E-state index is 13.2. The molecule has 1 amide bonds. The van der Waals surface area contributed by atoms with Gasteiger partial charge in [-0.2, -0.15) is 9.57 Å². The zero-order valence-corrected chi connectivity index (χ0v) is 22.3. The van der Waals surface area contributed by atoms with Crippen LogP contribution in [0.15, 0.2) is 45.8 Å². The first kappa shape index (κ1) is 27.8. The number of carbonyl (C=O) groups excluding carboxylic acids is 2. The van der Waals surface area contributed by atoms with Crippen LogP contribution < -0.4 is 5.32 Å². The monoisotopic (exact) mass is 526 g/mol. The average molecular weight is 527 g/mol. The third-order valence-corrected chi connectivity index (χ3v) is 7.15. The normalized spacial score (nSPS) is 11.9. The van der Waals surface area contributed by atoms with E-state index in [1.807, 2.05) is 19.9 Å². The Kier molecular flexibility index (Phi) is 8.35. The number of amides is 1. The molecule has 0 saturated carbocycles. The lowest BCUT2D eigenvalue weighted by Crippen LogP contribution is -2.32. The van der Waals surface area contributed by atoms with Gasteiger partial charge in [0.2, 0.25) is 10.0 Å². The van der Waals surface area contributed by atoms with E-state index < -0.39 is 27.5 Å². The second-order valence-corrected chi connectivity index (χ2v) is 11.4. The summed E-state index contributed by atoms with van der Waals surface area (Å²) in [7, 11) is -3.80. The lowest BCUT2D eigenvalue weighted by atomic mass is 10.1. The average Bonchev–Trinajstić information content (AvgIpc) is 3.26. The number of hydrogen-bond donors (Lipinski definition) is 1. The van der Waals surface area contributed by atoms with Gasteiger partial charge in [-0.1, -0.05) is 19.0 Å². The number of sulfonamides is 1. The van der Waals surface area contributed by atoms with E-state index in [-0.39, 0.29) is 38.4 Å². The minimum Gasteiger partial charge on any atom is -0.456 e. The predicted molar refractivity (Wildman–Crippen MR) is 138 cm³/mol. The molecule has 10 nitrogen and oxygen atoms in total. The number of esters is 1. The number of benzene rings is 2. The number of nitrogens with zero attached hydrogens (tertiary/aromatic N) is 3. The number of hydrogen-bond acceptors (Lipinski definition) is 8. The molecule has 3 rings (SSSR count). The summed E-state index contributed by atoms with van der Waals surface area (Å²) >= 11 is 0. The number of ether oxygens (including phenoxy) is 1. The number of carbonyl (C=O) groups is 2. The van der Waals surface area contributed by atoms with Gasteiger partial charge in [-0.15, -0.1) is 0 Å². The fraction of sp³-hybridized carbons (Fsp3) is 0.385. The molecule has 0 unspecified atom stereocenters. The minimum atomic E-state index is -3.80. The van der Waals surface area contributed by atoms with Crippen LogP contribution >= 0.6 is 0 Å². The van der Waals surface area contributed by atoms with Crippen molar-refractivity contribution in [3.05, 3.63) is 53.2 Å². The van der Waals surface area contributed by atoms with Gasteiger partial charge in [0, 0.05) is 13.1 Å². The number of fused-ring (bicyclic) bond motifs is 1. The minimum absolute atomic E-state index is 0.00633. The molecule has 37 heavy (non-hydrogen) atoms. The third-order valence-electron chi connectivity index (χ3n) is 5.26. The Morgan fingerprint density at radius 2 is 1.78 bits per heavy atom. The van der Waals surface area contributed by atoms with Gasteiger partial charge in [0.1, 0.15) is 5.60 Å². The number of aromatic nitrogens is 1. The Hall–Kier alpha value is -3.75. The molecule has 1 N–H and O–H groups in total. The first-order chi connectivity index (χ1) is 17.4. The van der Waals surface area contributed by atoms with Crippen LogP contribution in [0, 0.1) is 11.3 Å². The quantitative estimate of drug-likeness (QED) is 0.395. The molecule has 0 radical (unpaired) electrons. The molecule has 2 aromatic carbocycles. The van der Waals surface area contributed by atoms with Gasteiger partial charge >= 0.3 is 5.97 Å². The summed E-state index contributed by atoms with van der Waals surface area (Å²) in [5.41, 5.74) is -0.403. The molecule has 0 atom stereocenters. The molecule has 0 aliphatic rings. The van der Waals surface area contributed by atoms with Crippen LogP contribution in [0.1, 0.15) is 73.9 Å². The van der Waals surface area contributed by atoms with Crippen LogP contribution in [0.4, 0.5) is 5.69 Å². The molecular weight excluding hydrogens is 496 g/mol. The van der Waals surface area contributed by atoms with E-state index >= 15 is 0 Å². The van der Waals surface area contributed by atoms with E-state index in [0.29, 0.717) is 25.9 Å². The van der Waals surface area contributed by atoms with E-state index in [4.69, 9.17) is 9.26 Å². The van der Waals surface area contributed by atoms with Crippen LogP contribution in [-0.2, 0) is 14.8 Å². The van der Waals surface area contributed by atoms with Crippen LogP contribution in [0.2, 0.25) is 0 Å². The largest absolute Gasteiger partial charge is 0.456 e. The molecule has 0 spiro atoms. The van der Waals surface area contributed by atoms with Crippen molar-refractivity contribution in [3.8, 4) is 6.07 Å². The van der Waals surface area contributed by atoms with Crippen LogP contribution in [0.5, 0.6) is 0 Å². The molecule has 0 aliphatic heterocycles. The molecule has 11 heteroatoms. The van der Waals surface area contributed by atoms with E-state index in [0.717, 1.165) is 0 Å². The molecule has 1 aromatic heterocycles. The van der Waals surface area contributed by atoms with Crippen molar-refractivity contribution in [1.29, 1.82) is 5.26 Å². The second kappa shape index (κ2) is 11.1. The highest BCUT2D eigenvalue weighted by atomic mass is 32.2. The summed E-state index contributed by atoms with van der Waals surface area (Å²) in [6, 6.07) is 10.4. The van der Waals surface area contributed by atoms with Crippen molar-refractivity contribution in [2.75, 3.05) is 18.4 Å². The second-order valence-electron chi connectivity index (χ2n) is 9.42. The van der Waals surface area contributed by atoms with Gasteiger partial charge in [-0.05, 0) is 70.0 Å². The molecule has 0 fully saturated rings. The Labute approximate surface area is 216 Å². The maximum Gasteiger partial charge on any atom is 0.340 e. The van der Waals surface area contributed by atoms with Crippen molar-refractivity contribution in [3.63, 3.8) is 0 Å². The Bertz CT molecular complexity index is 1460. The van der Waals surface area contributed by atoms with E-state index in [9.17, 15) is 23.3 Å². The van der Waals surface area contributed by atoms with E-state index in [1.165, 1.54) is 40.7 Å². The Morgan fingerprint density at radius 1 is 1.11 bits per heavy atom. The number of anilines is 1. The number of nitriles is 1. The SMILES string of the molecule is CCCN(CCC)S(=O)(=O)c1ccc2onc(C(=O)Nc3ccc(C#N)cc3C(=O)OC(C)(C)C)c2c1.